The van der Waals surface area contributed by atoms with Crippen LogP contribution in [0.1, 0.15) is 19.4 Å². The minimum Gasteiger partial charge on any atom is -0.497 e. The van der Waals surface area contributed by atoms with Gasteiger partial charge in [-0.3, -0.25) is 0 Å². The molecule has 0 spiro atoms. The van der Waals surface area contributed by atoms with E-state index in [1.165, 1.54) is 0 Å². The van der Waals surface area contributed by atoms with Gasteiger partial charge in [-0.05, 0) is 18.2 Å². The van der Waals surface area contributed by atoms with Crippen LogP contribution < -0.4 is 10.5 Å². The fraction of sp³-hybridized carbons (Fsp3) is 0.273. The monoisotopic (exact) mass is 320 g/mol. The third-order valence-corrected chi connectivity index (χ3v) is 1.51. The molecule has 0 unspecified atom stereocenters. The molecule has 0 bridgehead atoms. The molecular weight excluding hydrogens is 303 g/mol. The summed E-state index contributed by atoms with van der Waals surface area (Å²) >= 11 is 0. The number of benzene rings is 1. The van der Waals surface area contributed by atoms with Gasteiger partial charge < -0.3 is 10.5 Å². The van der Waals surface area contributed by atoms with Crippen LogP contribution in [0.25, 0.3) is 6.08 Å². The maximum absolute atomic E-state index is 5.63. The summed E-state index contributed by atoms with van der Waals surface area (Å²) in [6.07, 6.45) is 1.71. The maximum atomic E-state index is 5.63. The zero-order valence-electron chi connectivity index (χ0n) is 9.08. The molecule has 0 aliphatic carbocycles. The van der Waals surface area contributed by atoms with Crippen LogP contribution in [-0.2, 0) is 0 Å². The van der Waals surface area contributed by atoms with Gasteiger partial charge in [0.25, 0.3) is 0 Å². The zero-order valence-corrected chi connectivity index (χ0v) is 12.8. The van der Waals surface area contributed by atoms with E-state index in [0.29, 0.717) is 0 Å². The first-order chi connectivity index (χ1) is 6.27. The molecule has 0 aromatic heterocycles. The zero-order chi connectivity index (χ0) is 10.3. The van der Waals surface area contributed by atoms with Crippen molar-refractivity contribution in [3.63, 3.8) is 0 Å². The van der Waals surface area contributed by atoms with Gasteiger partial charge in [0.2, 0.25) is 0 Å². The summed E-state index contributed by atoms with van der Waals surface area (Å²) in [5.41, 5.74) is 7.26. The first-order valence-electron chi connectivity index (χ1n) is 4.34. The molecule has 1 radical (unpaired) electrons. The first kappa shape index (κ1) is 16.4. The molecule has 14 heavy (non-hydrogen) atoms. The van der Waals surface area contributed by atoms with Crippen molar-refractivity contribution in [2.75, 3.05) is 12.8 Å². The second kappa shape index (κ2) is 9.48. The maximum Gasteiger partial charge on any atom is 0.119 e. The number of ether oxygens (including phenoxy) is 1. The van der Waals surface area contributed by atoms with Crippen LogP contribution in [0.2, 0.25) is 0 Å². The van der Waals surface area contributed by atoms with E-state index >= 15 is 0 Å². The SMILES string of the molecule is C=Cc1cc(OC)ccc1N.CC.[Pr]. The Labute approximate surface area is 119 Å². The van der Waals surface area contributed by atoms with Crippen molar-refractivity contribution in [2.45, 2.75) is 13.8 Å². The van der Waals surface area contributed by atoms with Crippen LogP contribution in [0.3, 0.4) is 0 Å². The summed E-state index contributed by atoms with van der Waals surface area (Å²) in [6.45, 7) is 7.63. The van der Waals surface area contributed by atoms with Crippen LogP contribution in [-0.4, -0.2) is 7.11 Å². The number of rotatable bonds is 2. The first-order valence-corrected chi connectivity index (χ1v) is 4.34. The van der Waals surface area contributed by atoms with Crippen molar-refractivity contribution in [1.82, 2.24) is 0 Å². The Balaban J connectivity index is 0. The summed E-state index contributed by atoms with van der Waals surface area (Å²) in [4.78, 5) is 0. The van der Waals surface area contributed by atoms with Gasteiger partial charge in [-0.15, -0.1) is 0 Å². The van der Waals surface area contributed by atoms with Gasteiger partial charge in [0.1, 0.15) is 5.75 Å². The summed E-state index contributed by atoms with van der Waals surface area (Å²) in [5.74, 6) is 0.800. The molecule has 3 heteroatoms. The molecule has 0 fully saturated rings. The Bertz CT molecular complexity index is 274. The van der Waals surface area contributed by atoms with Crippen molar-refractivity contribution in [3.05, 3.63) is 30.3 Å². The van der Waals surface area contributed by atoms with Crippen LogP contribution in [0.5, 0.6) is 5.75 Å². The molecule has 0 aliphatic rings. The largest absolute Gasteiger partial charge is 0.497 e. The number of nitrogen functional groups attached to an aromatic ring is 1. The number of nitrogens with two attached hydrogens (primary N) is 1. The summed E-state index contributed by atoms with van der Waals surface area (Å²) in [6, 6.07) is 5.47. The van der Waals surface area contributed by atoms with Crippen molar-refractivity contribution in [2.24, 2.45) is 0 Å². The third kappa shape index (κ3) is 4.97. The van der Waals surface area contributed by atoms with E-state index < -0.39 is 0 Å². The van der Waals surface area contributed by atoms with Crippen molar-refractivity contribution >= 4 is 11.8 Å². The van der Waals surface area contributed by atoms with Gasteiger partial charge in [0.05, 0.1) is 7.11 Å². The van der Waals surface area contributed by atoms with Gasteiger partial charge in [0.15, 0.2) is 0 Å². The summed E-state index contributed by atoms with van der Waals surface area (Å²) < 4.78 is 5.01. The molecule has 75 valence electrons. The van der Waals surface area contributed by atoms with Gasteiger partial charge in [-0.25, -0.2) is 0 Å². The molecular formula is C11H17NOPr. The molecule has 0 amide bonds. The molecule has 1 aromatic rings. The van der Waals surface area contributed by atoms with Crippen molar-refractivity contribution < 1.29 is 46.0 Å². The average Bonchev–Trinajstić information content (AvgIpc) is 2.22. The molecule has 1 aromatic carbocycles. The Kier molecular flexibility index (Phi) is 11.1. The molecule has 0 atom stereocenters. The molecule has 0 saturated heterocycles. The molecule has 0 aliphatic heterocycles. The Morgan fingerprint density at radius 1 is 1.36 bits per heavy atom. The number of anilines is 1. The minimum atomic E-state index is 0. The number of hydrogen-bond acceptors (Lipinski definition) is 2. The Morgan fingerprint density at radius 3 is 2.36 bits per heavy atom. The molecule has 0 heterocycles. The molecule has 0 saturated carbocycles. The topological polar surface area (TPSA) is 35.2 Å². The number of methoxy groups -OCH3 is 1. The predicted molar refractivity (Wildman–Crippen MR) is 58.8 cm³/mol. The Hall–Kier alpha value is -0.0764. The van der Waals surface area contributed by atoms with Gasteiger partial charge in [-0.1, -0.05) is 26.5 Å². The predicted octanol–water partition coefficient (Wildman–Crippen LogP) is 2.95. The van der Waals surface area contributed by atoms with E-state index in [4.69, 9.17) is 10.5 Å². The Morgan fingerprint density at radius 2 is 1.93 bits per heavy atom. The molecule has 2 N–H and O–H groups in total. The fourth-order valence-corrected chi connectivity index (χ4v) is 0.857. The normalized spacial score (nSPS) is 7.64. The van der Waals surface area contributed by atoms with E-state index in [2.05, 4.69) is 6.58 Å². The smallest absolute Gasteiger partial charge is 0.119 e. The van der Waals surface area contributed by atoms with E-state index in [9.17, 15) is 0 Å². The van der Waals surface area contributed by atoms with Crippen molar-refractivity contribution in [1.29, 1.82) is 0 Å². The summed E-state index contributed by atoms with van der Waals surface area (Å²) in [7, 11) is 1.62. The molecule has 2 nitrogen and oxygen atoms in total. The van der Waals surface area contributed by atoms with Crippen LogP contribution >= 0.6 is 0 Å². The van der Waals surface area contributed by atoms with Crippen LogP contribution in [0, 0.1) is 41.3 Å². The molecule has 1 rings (SSSR count). The van der Waals surface area contributed by atoms with Crippen LogP contribution in [0.4, 0.5) is 5.69 Å². The van der Waals surface area contributed by atoms with Gasteiger partial charge in [-0.2, -0.15) is 0 Å². The summed E-state index contributed by atoms with van der Waals surface area (Å²) in [5, 5.41) is 0. The standard InChI is InChI=1S/C9H11NO.C2H6.Pr/c1-3-7-6-8(11-2)4-5-9(7)10;1-2;/h3-6H,1,10H2,2H3;1-2H3;. The number of hydrogen-bond donors (Lipinski definition) is 1. The van der Waals surface area contributed by atoms with E-state index in [1.54, 1.807) is 19.3 Å². The van der Waals surface area contributed by atoms with E-state index in [-0.39, 0.29) is 41.3 Å². The second-order valence-corrected chi connectivity index (χ2v) is 2.20. The second-order valence-electron chi connectivity index (χ2n) is 2.20. The van der Waals surface area contributed by atoms with Gasteiger partial charge in [0, 0.05) is 52.5 Å². The van der Waals surface area contributed by atoms with E-state index in [0.717, 1.165) is 17.0 Å². The average molecular weight is 320 g/mol. The van der Waals surface area contributed by atoms with Gasteiger partial charge >= 0.3 is 0 Å². The van der Waals surface area contributed by atoms with Crippen molar-refractivity contribution in [3.8, 4) is 5.75 Å². The fourth-order valence-electron chi connectivity index (χ4n) is 0.857. The van der Waals surface area contributed by atoms with E-state index in [1.807, 2.05) is 26.0 Å². The van der Waals surface area contributed by atoms with Crippen LogP contribution in [0.15, 0.2) is 24.8 Å². The minimum absolute atomic E-state index is 0. The third-order valence-electron chi connectivity index (χ3n) is 1.51. The quantitative estimate of drug-likeness (QED) is 0.851.